The minimum Gasteiger partial charge on any atom is -0.369 e. The van der Waals surface area contributed by atoms with Crippen LogP contribution in [0.3, 0.4) is 0 Å². The SMILES string of the molecule is Cc1ccccc1C(OC1CCCC(C)C1)C(C)N. The molecule has 0 aliphatic heterocycles. The second-order valence-electron chi connectivity index (χ2n) is 6.17. The van der Waals surface area contributed by atoms with E-state index >= 15 is 0 Å². The Morgan fingerprint density at radius 3 is 2.63 bits per heavy atom. The van der Waals surface area contributed by atoms with Crippen molar-refractivity contribution in [2.45, 2.75) is 64.7 Å². The van der Waals surface area contributed by atoms with Crippen molar-refractivity contribution >= 4 is 0 Å². The fraction of sp³-hybridized carbons (Fsp3) is 0.647. The van der Waals surface area contributed by atoms with E-state index in [1.54, 1.807) is 0 Å². The number of nitrogens with two attached hydrogens (primary N) is 1. The third-order valence-electron chi connectivity index (χ3n) is 4.20. The zero-order valence-corrected chi connectivity index (χ0v) is 12.4. The molecule has 1 fully saturated rings. The molecular weight excluding hydrogens is 234 g/mol. The summed E-state index contributed by atoms with van der Waals surface area (Å²) < 4.78 is 6.37. The number of benzene rings is 1. The van der Waals surface area contributed by atoms with Crippen LogP contribution in [0.25, 0.3) is 0 Å². The van der Waals surface area contributed by atoms with Crippen molar-refractivity contribution in [1.82, 2.24) is 0 Å². The molecule has 2 N–H and O–H groups in total. The molecule has 0 saturated heterocycles. The molecule has 4 unspecified atom stereocenters. The molecule has 0 heterocycles. The first kappa shape index (κ1) is 14.5. The zero-order valence-electron chi connectivity index (χ0n) is 12.4. The lowest BCUT2D eigenvalue weighted by atomic mass is 9.88. The summed E-state index contributed by atoms with van der Waals surface area (Å²) in [6.45, 7) is 6.51. The van der Waals surface area contributed by atoms with Crippen LogP contribution in [0.2, 0.25) is 0 Å². The number of ether oxygens (including phenoxy) is 1. The van der Waals surface area contributed by atoms with Crippen molar-refractivity contribution in [3.8, 4) is 0 Å². The van der Waals surface area contributed by atoms with Crippen LogP contribution in [0.5, 0.6) is 0 Å². The van der Waals surface area contributed by atoms with E-state index in [0.29, 0.717) is 6.10 Å². The van der Waals surface area contributed by atoms with Gasteiger partial charge in [-0.2, -0.15) is 0 Å². The lowest BCUT2D eigenvalue weighted by Crippen LogP contribution is -2.32. The number of aryl methyl sites for hydroxylation is 1. The first-order valence-electron chi connectivity index (χ1n) is 7.54. The largest absolute Gasteiger partial charge is 0.369 e. The van der Waals surface area contributed by atoms with Crippen LogP contribution in [-0.2, 0) is 4.74 Å². The van der Waals surface area contributed by atoms with Crippen molar-refractivity contribution in [1.29, 1.82) is 0 Å². The Morgan fingerprint density at radius 2 is 2.00 bits per heavy atom. The molecule has 1 aliphatic rings. The van der Waals surface area contributed by atoms with Gasteiger partial charge in [-0.25, -0.2) is 0 Å². The van der Waals surface area contributed by atoms with Crippen molar-refractivity contribution in [3.63, 3.8) is 0 Å². The molecule has 2 heteroatoms. The maximum atomic E-state index is 6.37. The smallest absolute Gasteiger partial charge is 0.0979 e. The molecule has 2 nitrogen and oxygen atoms in total. The van der Waals surface area contributed by atoms with E-state index in [2.05, 4.69) is 38.1 Å². The monoisotopic (exact) mass is 261 g/mol. The molecule has 0 radical (unpaired) electrons. The third-order valence-corrected chi connectivity index (χ3v) is 4.20. The van der Waals surface area contributed by atoms with Crippen molar-refractivity contribution in [3.05, 3.63) is 35.4 Å². The fourth-order valence-electron chi connectivity index (χ4n) is 3.10. The summed E-state index contributed by atoms with van der Waals surface area (Å²) in [5.41, 5.74) is 8.68. The number of hydrogen-bond acceptors (Lipinski definition) is 2. The van der Waals surface area contributed by atoms with Gasteiger partial charge in [-0.15, -0.1) is 0 Å². The topological polar surface area (TPSA) is 35.2 Å². The predicted molar refractivity (Wildman–Crippen MR) is 80.1 cm³/mol. The highest BCUT2D eigenvalue weighted by molar-refractivity contribution is 5.28. The van der Waals surface area contributed by atoms with Crippen molar-refractivity contribution in [2.75, 3.05) is 0 Å². The summed E-state index contributed by atoms with van der Waals surface area (Å²) in [6.07, 6.45) is 5.38. The second kappa shape index (κ2) is 6.53. The van der Waals surface area contributed by atoms with E-state index in [0.717, 1.165) is 5.92 Å². The molecule has 1 aromatic carbocycles. The number of rotatable bonds is 4. The van der Waals surface area contributed by atoms with Gasteiger partial charge in [0.2, 0.25) is 0 Å². The van der Waals surface area contributed by atoms with E-state index in [9.17, 15) is 0 Å². The van der Waals surface area contributed by atoms with Crippen LogP contribution in [0.15, 0.2) is 24.3 Å². The molecule has 19 heavy (non-hydrogen) atoms. The van der Waals surface area contributed by atoms with Crippen molar-refractivity contribution in [2.24, 2.45) is 11.7 Å². The fourth-order valence-corrected chi connectivity index (χ4v) is 3.10. The maximum absolute atomic E-state index is 6.37. The standard InChI is InChI=1S/C17H27NO/c1-12-7-6-9-15(11-12)19-17(14(3)18)16-10-5-4-8-13(16)2/h4-5,8,10,12,14-15,17H,6-7,9,11,18H2,1-3H3. The highest BCUT2D eigenvalue weighted by atomic mass is 16.5. The van der Waals surface area contributed by atoms with E-state index < -0.39 is 0 Å². The van der Waals surface area contributed by atoms with Gasteiger partial charge in [0.05, 0.1) is 12.2 Å². The normalized spacial score (nSPS) is 26.9. The van der Waals surface area contributed by atoms with Gasteiger partial charge < -0.3 is 10.5 Å². The van der Waals surface area contributed by atoms with Crippen molar-refractivity contribution < 1.29 is 4.74 Å². The van der Waals surface area contributed by atoms with Crippen LogP contribution in [-0.4, -0.2) is 12.1 Å². The van der Waals surface area contributed by atoms with Crippen LogP contribution in [0, 0.1) is 12.8 Å². The Kier molecular flexibility index (Phi) is 5.00. The zero-order chi connectivity index (χ0) is 13.8. The molecule has 0 spiro atoms. The summed E-state index contributed by atoms with van der Waals surface area (Å²) in [5.74, 6) is 0.782. The number of hydrogen-bond donors (Lipinski definition) is 1. The van der Waals surface area contributed by atoms with Gasteiger partial charge in [0, 0.05) is 6.04 Å². The molecule has 4 atom stereocenters. The van der Waals surface area contributed by atoms with Crippen LogP contribution in [0.4, 0.5) is 0 Å². The quantitative estimate of drug-likeness (QED) is 0.889. The summed E-state index contributed by atoms with van der Waals surface area (Å²) in [5, 5.41) is 0. The Bertz CT molecular complexity index is 402. The van der Waals surface area contributed by atoms with E-state index in [4.69, 9.17) is 10.5 Å². The van der Waals surface area contributed by atoms with Gasteiger partial charge in [-0.05, 0) is 43.7 Å². The lowest BCUT2D eigenvalue weighted by molar-refractivity contribution is -0.0492. The summed E-state index contributed by atoms with van der Waals surface area (Å²) in [4.78, 5) is 0. The van der Waals surface area contributed by atoms with Crippen LogP contribution in [0.1, 0.15) is 56.8 Å². The van der Waals surface area contributed by atoms with Crippen LogP contribution >= 0.6 is 0 Å². The minimum atomic E-state index is 0.0245. The molecule has 0 amide bonds. The van der Waals surface area contributed by atoms with Gasteiger partial charge in [0.1, 0.15) is 0 Å². The molecule has 1 saturated carbocycles. The molecule has 0 bridgehead atoms. The molecule has 2 rings (SSSR count). The van der Waals surface area contributed by atoms with Gasteiger partial charge in [0.25, 0.3) is 0 Å². The minimum absolute atomic E-state index is 0.0245. The molecule has 1 aliphatic carbocycles. The summed E-state index contributed by atoms with van der Waals surface area (Å²) in [6, 6.07) is 8.45. The highest BCUT2D eigenvalue weighted by Gasteiger charge is 2.26. The molecule has 106 valence electrons. The second-order valence-corrected chi connectivity index (χ2v) is 6.17. The molecular formula is C17H27NO. The first-order valence-corrected chi connectivity index (χ1v) is 7.54. The lowest BCUT2D eigenvalue weighted by Gasteiger charge is -2.33. The highest BCUT2D eigenvalue weighted by Crippen LogP contribution is 2.32. The molecule has 1 aromatic rings. The Labute approximate surface area is 117 Å². The van der Waals surface area contributed by atoms with Gasteiger partial charge in [-0.1, -0.05) is 44.0 Å². The summed E-state index contributed by atoms with van der Waals surface area (Å²) in [7, 11) is 0. The van der Waals surface area contributed by atoms with Gasteiger partial charge in [0.15, 0.2) is 0 Å². The summed E-state index contributed by atoms with van der Waals surface area (Å²) >= 11 is 0. The Balaban J connectivity index is 2.10. The average Bonchev–Trinajstić information content (AvgIpc) is 2.37. The Morgan fingerprint density at radius 1 is 1.26 bits per heavy atom. The molecule has 0 aromatic heterocycles. The van der Waals surface area contributed by atoms with Gasteiger partial charge >= 0.3 is 0 Å². The predicted octanol–water partition coefficient (Wildman–Crippen LogP) is 3.98. The average molecular weight is 261 g/mol. The van der Waals surface area contributed by atoms with E-state index in [1.165, 1.54) is 36.8 Å². The van der Waals surface area contributed by atoms with E-state index in [1.807, 2.05) is 6.92 Å². The maximum Gasteiger partial charge on any atom is 0.0979 e. The Hall–Kier alpha value is -0.860. The first-order chi connectivity index (χ1) is 9.08. The van der Waals surface area contributed by atoms with Crippen LogP contribution < -0.4 is 5.73 Å². The van der Waals surface area contributed by atoms with Gasteiger partial charge in [-0.3, -0.25) is 0 Å². The third kappa shape index (κ3) is 3.80. The van der Waals surface area contributed by atoms with E-state index in [-0.39, 0.29) is 12.1 Å².